The third-order valence-corrected chi connectivity index (χ3v) is 2.59. The molecular weight excluding hydrogens is 190 g/mol. The Labute approximate surface area is 87.3 Å². The Bertz CT molecular complexity index is 448. The lowest BCUT2D eigenvalue weighted by Crippen LogP contribution is -2.40. The highest BCUT2D eigenvalue weighted by atomic mass is 16.4. The molecule has 0 aliphatic carbocycles. The normalized spacial score (nSPS) is 16.3. The summed E-state index contributed by atoms with van der Waals surface area (Å²) in [5, 5.41) is 11.3. The third-order valence-electron chi connectivity index (χ3n) is 2.59. The molecule has 1 saturated heterocycles. The fourth-order valence-electron chi connectivity index (χ4n) is 1.56. The lowest BCUT2D eigenvalue weighted by molar-refractivity contribution is 0.361. The van der Waals surface area contributed by atoms with Crippen molar-refractivity contribution in [2.24, 2.45) is 0 Å². The summed E-state index contributed by atoms with van der Waals surface area (Å²) < 4.78 is 5.61. The van der Waals surface area contributed by atoms with Crippen LogP contribution in [0.4, 0.5) is 0 Å². The molecule has 3 rings (SSSR count). The Balaban J connectivity index is 1.90. The first kappa shape index (κ1) is 8.61. The molecule has 0 spiro atoms. The second-order valence-electron chi connectivity index (χ2n) is 3.67. The second-order valence-corrected chi connectivity index (χ2v) is 3.67. The van der Waals surface area contributed by atoms with E-state index in [4.69, 9.17) is 4.42 Å². The van der Waals surface area contributed by atoms with Crippen molar-refractivity contribution < 1.29 is 4.42 Å². The molecule has 0 saturated carbocycles. The van der Waals surface area contributed by atoms with E-state index >= 15 is 0 Å². The maximum absolute atomic E-state index is 5.61. The molecule has 2 aromatic rings. The van der Waals surface area contributed by atoms with Gasteiger partial charge in [0.2, 0.25) is 11.8 Å². The van der Waals surface area contributed by atoms with Crippen molar-refractivity contribution >= 4 is 0 Å². The first-order valence-electron chi connectivity index (χ1n) is 5.03. The lowest BCUT2D eigenvalue weighted by Gasteiger charge is -2.22. The van der Waals surface area contributed by atoms with Gasteiger partial charge in [0.25, 0.3) is 0 Å². The first-order valence-corrected chi connectivity index (χ1v) is 5.03. The molecule has 15 heavy (non-hydrogen) atoms. The number of benzene rings is 1. The topological polar surface area (TPSA) is 51.0 Å². The molecule has 4 heteroatoms. The van der Waals surface area contributed by atoms with Gasteiger partial charge in [-0.1, -0.05) is 18.2 Å². The van der Waals surface area contributed by atoms with Crippen molar-refractivity contribution in [2.75, 3.05) is 13.1 Å². The average Bonchev–Trinajstić information content (AvgIpc) is 2.66. The molecule has 1 aromatic heterocycles. The molecule has 1 aromatic carbocycles. The molecule has 0 radical (unpaired) electrons. The van der Waals surface area contributed by atoms with E-state index in [1.54, 1.807) is 0 Å². The van der Waals surface area contributed by atoms with Gasteiger partial charge < -0.3 is 9.73 Å². The van der Waals surface area contributed by atoms with Crippen LogP contribution >= 0.6 is 0 Å². The summed E-state index contributed by atoms with van der Waals surface area (Å²) in [6.45, 7) is 1.88. The van der Waals surface area contributed by atoms with E-state index in [2.05, 4.69) is 15.5 Å². The highest BCUT2D eigenvalue weighted by Gasteiger charge is 2.24. The predicted molar refractivity (Wildman–Crippen MR) is 55.3 cm³/mol. The molecule has 0 bridgehead atoms. The highest BCUT2D eigenvalue weighted by molar-refractivity contribution is 5.51. The van der Waals surface area contributed by atoms with Gasteiger partial charge in [-0.05, 0) is 12.1 Å². The molecular formula is C11H11N3O. The van der Waals surface area contributed by atoms with Crippen molar-refractivity contribution in [2.45, 2.75) is 5.92 Å². The Morgan fingerprint density at radius 1 is 1.13 bits per heavy atom. The van der Waals surface area contributed by atoms with Gasteiger partial charge >= 0.3 is 0 Å². The fourth-order valence-corrected chi connectivity index (χ4v) is 1.56. The molecule has 0 amide bonds. The van der Waals surface area contributed by atoms with Gasteiger partial charge in [0, 0.05) is 18.7 Å². The van der Waals surface area contributed by atoms with Crippen LogP contribution in [-0.4, -0.2) is 23.3 Å². The molecule has 0 atom stereocenters. The van der Waals surface area contributed by atoms with Gasteiger partial charge in [-0.2, -0.15) is 0 Å². The quantitative estimate of drug-likeness (QED) is 0.798. The standard InChI is InChI=1S/C11H11N3O/c1-2-4-8(5-3-1)10-13-14-11(15-10)9-6-12-7-9/h1-5,9,12H,6-7H2. The number of nitrogens with zero attached hydrogens (tertiary/aromatic N) is 2. The zero-order valence-corrected chi connectivity index (χ0v) is 8.18. The summed E-state index contributed by atoms with van der Waals surface area (Å²) in [7, 11) is 0. The van der Waals surface area contributed by atoms with Crippen molar-refractivity contribution in [1.29, 1.82) is 0 Å². The average molecular weight is 201 g/mol. The summed E-state index contributed by atoms with van der Waals surface area (Å²) in [6, 6.07) is 9.83. The van der Waals surface area contributed by atoms with Crippen molar-refractivity contribution in [3.05, 3.63) is 36.2 Å². The van der Waals surface area contributed by atoms with Gasteiger partial charge in [-0.3, -0.25) is 0 Å². The van der Waals surface area contributed by atoms with Gasteiger partial charge in [0.15, 0.2) is 0 Å². The predicted octanol–water partition coefficient (Wildman–Crippen LogP) is 1.42. The van der Waals surface area contributed by atoms with E-state index in [1.807, 2.05) is 30.3 Å². The van der Waals surface area contributed by atoms with Crippen LogP contribution in [0, 0.1) is 0 Å². The highest BCUT2D eigenvalue weighted by Crippen LogP contribution is 2.23. The van der Waals surface area contributed by atoms with E-state index < -0.39 is 0 Å². The van der Waals surface area contributed by atoms with Gasteiger partial charge in [0.1, 0.15) is 0 Å². The van der Waals surface area contributed by atoms with Crippen LogP contribution in [0.5, 0.6) is 0 Å². The SMILES string of the molecule is c1ccc(-c2nnc(C3CNC3)o2)cc1. The van der Waals surface area contributed by atoms with Crippen LogP contribution in [0.25, 0.3) is 11.5 Å². The Kier molecular flexibility index (Phi) is 1.99. The molecule has 1 aliphatic heterocycles. The summed E-state index contributed by atoms with van der Waals surface area (Å²) >= 11 is 0. The number of nitrogens with one attached hydrogen (secondary N) is 1. The molecule has 1 N–H and O–H groups in total. The maximum Gasteiger partial charge on any atom is 0.247 e. The molecule has 1 aliphatic rings. The minimum absolute atomic E-state index is 0.398. The molecule has 76 valence electrons. The van der Waals surface area contributed by atoms with Crippen molar-refractivity contribution in [1.82, 2.24) is 15.5 Å². The van der Waals surface area contributed by atoms with E-state index in [9.17, 15) is 0 Å². The summed E-state index contributed by atoms with van der Waals surface area (Å²) in [5.41, 5.74) is 0.975. The Hall–Kier alpha value is -1.68. The summed E-state index contributed by atoms with van der Waals surface area (Å²) in [6.07, 6.45) is 0. The van der Waals surface area contributed by atoms with Crippen LogP contribution in [0.2, 0.25) is 0 Å². The van der Waals surface area contributed by atoms with Gasteiger partial charge in [0.05, 0.1) is 5.92 Å². The zero-order chi connectivity index (χ0) is 10.1. The molecule has 0 unspecified atom stereocenters. The largest absolute Gasteiger partial charge is 0.420 e. The number of hydrogen-bond acceptors (Lipinski definition) is 4. The molecule has 1 fully saturated rings. The minimum atomic E-state index is 0.398. The van der Waals surface area contributed by atoms with E-state index in [0.29, 0.717) is 11.8 Å². The van der Waals surface area contributed by atoms with E-state index in [1.165, 1.54) is 0 Å². The molecule has 4 nitrogen and oxygen atoms in total. The second kappa shape index (κ2) is 3.47. The fraction of sp³-hybridized carbons (Fsp3) is 0.273. The number of rotatable bonds is 2. The smallest absolute Gasteiger partial charge is 0.247 e. The Morgan fingerprint density at radius 2 is 1.93 bits per heavy atom. The maximum atomic E-state index is 5.61. The van der Waals surface area contributed by atoms with E-state index in [-0.39, 0.29) is 0 Å². The van der Waals surface area contributed by atoms with E-state index in [0.717, 1.165) is 24.5 Å². The lowest BCUT2D eigenvalue weighted by atomic mass is 10.0. The summed E-state index contributed by atoms with van der Waals surface area (Å²) in [4.78, 5) is 0. The number of aromatic nitrogens is 2. The van der Waals surface area contributed by atoms with Crippen LogP contribution in [0.1, 0.15) is 11.8 Å². The monoisotopic (exact) mass is 201 g/mol. The minimum Gasteiger partial charge on any atom is -0.420 e. The van der Waals surface area contributed by atoms with Crippen LogP contribution in [0.3, 0.4) is 0 Å². The number of hydrogen-bond donors (Lipinski definition) is 1. The van der Waals surface area contributed by atoms with Gasteiger partial charge in [-0.15, -0.1) is 10.2 Å². The van der Waals surface area contributed by atoms with Crippen LogP contribution in [0.15, 0.2) is 34.7 Å². The molecule has 2 heterocycles. The summed E-state index contributed by atoms with van der Waals surface area (Å²) in [5.74, 6) is 1.75. The van der Waals surface area contributed by atoms with Crippen molar-refractivity contribution in [3.8, 4) is 11.5 Å². The van der Waals surface area contributed by atoms with Gasteiger partial charge in [-0.25, -0.2) is 0 Å². The Morgan fingerprint density at radius 3 is 2.60 bits per heavy atom. The van der Waals surface area contributed by atoms with Crippen molar-refractivity contribution in [3.63, 3.8) is 0 Å². The van der Waals surface area contributed by atoms with Crippen LogP contribution in [-0.2, 0) is 0 Å². The first-order chi connectivity index (χ1) is 7.43. The third kappa shape index (κ3) is 1.53. The van der Waals surface area contributed by atoms with Crippen LogP contribution < -0.4 is 5.32 Å². The zero-order valence-electron chi connectivity index (χ0n) is 8.18.